The topological polar surface area (TPSA) is 70.2 Å². The van der Waals surface area contributed by atoms with Gasteiger partial charge in [0, 0.05) is 12.2 Å². The Bertz CT molecular complexity index is 557. The molecule has 1 aromatic rings. The van der Waals surface area contributed by atoms with Crippen molar-refractivity contribution in [1.29, 1.82) is 0 Å². The van der Waals surface area contributed by atoms with Crippen LogP contribution in [-0.2, 0) is 10.0 Å². The monoisotopic (exact) mass is 317 g/mol. The Hall–Kier alpha value is -0.980. The third kappa shape index (κ3) is 4.85. The second kappa shape index (κ2) is 6.65. The van der Waals surface area contributed by atoms with E-state index in [2.05, 4.69) is 15.4 Å². The maximum absolute atomic E-state index is 11.2. The van der Waals surface area contributed by atoms with E-state index < -0.39 is 10.0 Å². The van der Waals surface area contributed by atoms with Gasteiger partial charge in [0.1, 0.15) is 0 Å². The highest BCUT2D eigenvalue weighted by Crippen LogP contribution is 2.26. The van der Waals surface area contributed by atoms with Crippen molar-refractivity contribution in [2.75, 3.05) is 35.9 Å². The van der Waals surface area contributed by atoms with Crippen molar-refractivity contribution in [3.8, 4) is 0 Å². The third-order valence-electron chi connectivity index (χ3n) is 3.32. The molecule has 0 aromatic heterocycles. The summed E-state index contributed by atoms with van der Waals surface area (Å²) < 4.78 is 24.7. The lowest BCUT2D eigenvalue weighted by molar-refractivity contribution is 0.390. The molecule has 1 aliphatic heterocycles. The van der Waals surface area contributed by atoms with E-state index in [1.807, 2.05) is 6.07 Å². The molecular weight excluding hydrogens is 298 g/mol. The normalized spacial score (nSPS) is 16.9. The summed E-state index contributed by atoms with van der Waals surface area (Å²) in [6.45, 7) is 3.06. The first-order valence-electron chi connectivity index (χ1n) is 6.66. The van der Waals surface area contributed by atoms with Crippen molar-refractivity contribution in [2.24, 2.45) is 5.92 Å². The molecule has 0 bridgehead atoms. The van der Waals surface area contributed by atoms with Gasteiger partial charge < -0.3 is 10.6 Å². The van der Waals surface area contributed by atoms with Gasteiger partial charge in [-0.25, -0.2) is 8.42 Å². The Balaban J connectivity index is 1.94. The molecule has 7 heteroatoms. The fraction of sp³-hybridized carbons (Fsp3) is 0.538. The summed E-state index contributed by atoms with van der Waals surface area (Å²) in [6.07, 6.45) is 3.45. The van der Waals surface area contributed by atoms with Crippen LogP contribution in [0.5, 0.6) is 0 Å². The highest BCUT2D eigenvalue weighted by Gasteiger charge is 2.13. The van der Waals surface area contributed by atoms with Gasteiger partial charge in [-0.2, -0.15) is 0 Å². The molecule has 0 atom stereocenters. The van der Waals surface area contributed by atoms with E-state index in [4.69, 9.17) is 11.6 Å². The van der Waals surface area contributed by atoms with Crippen LogP contribution in [0.3, 0.4) is 0 Å². The molecule has 20 heavy (non-hydrogen) atoms. The second-order valence-corrected chi connectivity index (χ2v) is 7.30. The van der Waals surface area contributed by atoms with Gasteiger partial charge in [0.2, 0.25) is 10.0 Å². The van der Waals surface area contributed by atoms with Crippen LogP contribution in [0.15, 0.2) is 18.2 Å². The van der Waals surface area contributed by atoms with Gasteiger partial charge in [0.05, 0.1) is 17.0 Å². The lowest BCUT2D eigenvalue weighted by Gasteiger charge is -2.23. The van der Waals surface area contributed by atoms with Gasteiger partial charge in [-0.05, 0) is 50.0 Å². The van der Waals surface area contributed by atoms with Gasteiger partial charge in [-0.1, -0.05) is 11.6 Å². The Labute approximate surface area is 125 Å². The predicted octanol–water partition coefficient (Wildman–Crippen LogP) is 2.12. The van der Waals surface area contributed by atoms with Crippen molar-refractivity contribution >= 4 is 33.0 Å². The van der Waals surface area contributed by atoms with Gasteiger partial charge >= 0.3 is 0 Å². The summed E-state index contributed by atoms with van der Waals surface area (Å²) in [5.74, 6) is 0.670. The van der Waals surface area contributed by atoms with E-state index in [9.17, 15) is 8.42 Å². The Morgan fingerprint density at radius 3 is 2.65 bits per heavy atom. The van der Waals surface area contributed by atoms with Crippen molar-refractivity contribution in [2.45, 2.75) is 12.8 Å². The van der Waals surface area contributed by atoms with Gasteiger partial charge in [-0.3, -0.25) is 4.72 Å². The molecule has 2 rings (SSSR count). The zero-order valence-corrected chi connectivity index (χ0v) is 13.0. The SMILES string of the molecule is CS(=O)(=O)Nc1ccc(NCC2CCNCC2)cc1Cl. The number of piperidine rings is 1. The van der Waals surface area contributed by atoms with Crippen LogP contribution in [-0.4, -0.2) is 34.3 Å². The van der Waals surface area contributed by atoms with Gasteiger partial charge in [0.25, 0.3) is 0 Å². The number of hydrogen-bond donors (Lipinski definition) is 3. The number of nitrogens with one attached hydrogen (secondary N) is 3. The number of benzene rings is 1. The lowest BCUT2D eigenvalue weighted by Crippen LogP contribution is -2.31. The first kappa shape index (κ1) is 15.4. The average Bonchev–Trinajstić information content (AvgIpc) is 2.39. The van der Waals surface area contributed by atoms with Crippen molar-refractivity contribution < 1.29 is 8.42 Å². The fourth-order valence-corrected chi connectivity index (χ4v) is 3.12. The minimum atomic E-state index is -3.30. The van der Waals surface area contributed by atoms with E-state index in [0.717, 1.165) is 31.6 Å². The second-order valence-electron chi connectivity index (χ2n) is 5.14. The third-order valence-corrected chi connectivity index (χ3v) is 4.22. The first-order valence-corrected chi connectivity index (χ1v) is 8.93. The number of rotatable bonds is 5. The number of sulfonamides is 1. The Morgan fingerprint density at radius 2 is 2.05 bits per heavy atom. The average molecular weight is 318 g/mol. The maximum atomic E-state index is 11.2. The van der Waals surface area contributed by atoms with Crippen LogP contribution < -0.4 is 15.4 Å². The standard InChI is InChI=1S/C13H20ClN3O2S/c1-20(18,19)17-13-3-2-11(8-12(13)14)16-9-10-4-6-15-7-5-10/h2-3,8,10,15-17H,4-7,9H2,1H3. The zero-order valence-electron chi connectivity index (χ0n) is 11.4. The first-order chi connectivity index (χ1) is 9.44. The number of halogens is 1. The molecule has 0 radical (unpaired) electrons. The molecule has 1 aliphatic rings. The van der Waals surface area contributed by atoms with E-state index in [0.29, 0.717) is 16.6 Å². The molecule has 5 nitrogen and oxygen atoms in total. The maximum Gasteiger partial charge on any atom is 0.229 e. The largest absolute Gasteiger partial charge is 0.385 e. The Morgan fingerprint density at radius 1 is 1.35 bits per heavy atom. The summed E-state index contributed by atoms with van der Waals surface area (Å²) in [5, 5.41) is 7.09. The molecule has 1 fully saturated rings. The molecule has 112 valence electrons. The summed E-state index contributed by atoms with van der Waals surface area (Å²) >= 11 is 6.08. The molecule has 1 saturated heterocycles. The molecule has 1 aromatic carbocycles. The molecule has 3 N–H and O–H groups in total. The summed E-state index contributed by atoms with van der Waals surface area (Å²) in [4.78, 5) is 0. The fourth-order valence-electron chi connectivity index (χ4n) is 2.26. The van der Waals surface area contributed by atoms with E-state index in [-0.39, 0.29) is 0 Å². The van der Waals surface area contributed by atoms with E-state index >= 15 is 0 Å². The zero-order chi connectivity index (χ0) is 14.6. The molecule has 0 aliphatic carbocycles. The lowest BCUT2D eigenvalue weighted by atomic mass is 9.98. The van der Waals surface area contributed by atoms with Gasteiger partial charge in [0.15, 0.2) is 0 Å². The molecule has 0 unspecified atom stereocenters. The molecule has 0 saturated carbocycles. The summed E-state index contributed by atoms with van der Waals surface area (Å²) in [5.41, 5.74) is 1.31. The van der Waals surface area contributed by atoms with Crippen LogP contribution in [0.25, 0.3) is 0 Å². The van der Waals surface area contributed by atoms with Crippen LogP contribution in [0, 0.1) is 5.92 Å². The summed E-state index contributed by atoms with van der Waals surface area (Å²) in [7, 11) is -3.30. The van der Waals surface area contributed by atoms with Crippen LogP contribution in [0.2, 0.25) is 5.02 Å². The van der Waals surface area contributed by atoms with E-state index in [1.54, 1.807) is 12.1 Å². The van der Waals surface area contributed by atoms with Crippen LogP contribution >= 0.6 is 11.6 Å². The minimum Gasteiger partial charge on any atom is -0.385 e. The Kier molecular flexibility index (Phi) is 5.12. The van der Waals surface area contributed by atoms with E-state index in [1.165, 1.54) is 12.8 Å². The van der Waals surface area contributed by atoms with Crippen LogP contribution in [0.1, 0.15) is 12.8 Å². The molecule has 0 spiro atoms. The molecule has 1 heterocycles. The number of anilines is 2. The quantitative estimate of drug-likeness (QED) is 0.778. The predicted molar refractivity (Wildman–Crippen MR) is 84.0 cm³/mol. The van der Waals surface area contributed by atoms with Crippen molar-refractivity contribution in [1.82, 2.24) is 5.32 Å². The van der Waals surface area contributed by atoms with Gasteiger partial charge in [-0.15, -0.1) is 0 Å². The minimum absolute atomic E-state index is 0.394. The van der Waals surface area contributed by atoms with Crippen LogP contribution in [0.4, 0.5) is 11.4 Å². The smallest absolute Gasteiger partial charge is 0.229 e. The van der Waals surface area contributed by atoms with Crippen molar-refractivity contribution in [3.63, 3.8) is 0 Å². The summed E-state index contributed by atoms with van der Waals surface area (Å²) in [6, 6.07) is 5.25. The highest BCUT2D eigenvalue weighted by atomic mass is 35.5. The van der Waals surface area contributed by atoms with Crippen molar-refractivity contribution in [3.05, 3.63) is 23.2 Å². The number of hydrogen-bond acceptors (Lipinski definition) is 4. The highest BCUT2D eigenvalue weighted by molar-refractivity contribution is 7.92. The molecule has 0 amide bonds. The molecular formula is C13H20ClN3O2S.